The first-order valence-electron chi connectivity index (χ1n) is 13.9. The summed E-state index contributed by atoms with van der Waals surface area (Å²) in [4.78, 5) is 30.4. The number of piperidine rings is 1. The molecule has 0 spiro atoms. The van der Waals surface area contributed by atoms with Gasteiger partial charge < -0.3 is 19.9 Å². The zero-order chi connectivity index (χ0) is 28.6. The fraction of sp³-hybridized carbons (Fsp3) is 0.452. The van der Waals surface area contributed by atoms with E-state index in [0.29, 0.717) is 35.6 Å². The summed E-state index contributed by atoms with van der Waals surface area (Å²) < 4.78 is 5.39. The number of nitriles is 1. The highest BCUT2D eigenvalue weighted by atomic mass is 16.5. The number of anilines is 1. The van der Waals surface area contributed by atoms with Gasteiger partial charge in [0.1, 0.15) is 11.8 Å². The monoisotopic (exact) mass is 541 g/mol. The van der Waals surface area contributed by atoms with E-state index in [-0.39, 0.29) is 11.7 Å². The van der Waals surface area contributed by atoms with Crippen LogP contribution >= 0.6 is 0 Å². The Morgan fingerprint density at radius 1 is 1.15 bits per heavy atom. The van der Waals surface area contributed by atoms with E-state index in [4.69, 9.17) is 10.00 Å². The van der Waals surface area contributed by atoms with Gasteiger partial charge in [-0.2, -0.15) is 5.26 Å². The third kappa shape index (κ3) is 6.93. The molecule has 0 aliphatic carbocycles. The second-order valence-corrected chi connectivity index (χ2v) is 10.5. The maximum absolute atomic E-state index is 12.8. The predicted molar refractivity (Wildman–Crippen MR) is 155 cm³/mol. The van der Waals surface area contributed by atoms with Crippen LogP contribution in [0.2, 0.25) is 0 Å². The lowest BCUT2D eigenvalue weighted by Crippen LogP contribution is -2.48. The first-order valence-corrected chi connectivity index (χ1v) is 13.9. The maximum atomic E-state index is 12.8. The van der Waals surface area contributed by atoms with Crippen molar-refractivity contribution < 1.29 is 9.53 Å². The standard InChI is InChI=1S/C31H39N7O2/c1-21-10-14-33-19-25(21)20-38(26-6-8-28(40-5)9-7-26)27-12-16-37(17-13-27)22(2)11-15-34-31(39)30-23(3)35-29(18-32)36-24(30)4/h6-10,14,19,22,27H,11-13,15-17,20H2,1-5H3,(H,34,39)/t22-/m1/s1. The van der Waals surface area contributed by atoms with Crippen molar-refractivity contribution in [2.24, 2.45) is 0 Å². The minimum atomic E-state index is -0.189. The molecule has 1 amide bonds. The summed E-state index contributed by atoms with van der Waals surface area (Å²) in [6.45, 7) is 11.2. The molecule has 2 aromatic heterocycles. The van der Waals surface area contributed by atoms with Crippen LogP contribution in [0.25, 0.3) is 0 Å². The van der Waals surface area contributed by atoms with Crippen molar-refractivity contribution in [1.82, 2.24) is 25.2 Å². The first-order chi connectivity index (χ1) is 19.3. The van der Waals surface area contributed by atoms with Crippen molar-refractivity contribution in [3.63, 3.8) is 0 Å². The molecule has 3 aromatic rings. The van der Waals surface area contributed by atoms with Crippen molar-refractivity contribution >= 4 is 11.6 Å². The van der Waals surface area contributed by atoms with Gasteiger partial charge in [-0.1, -0.05) is 0 Å². The Kier molecular flexibility index (Phi) is 9.67. The van der Waals surface area contributed by atoms with Crippen molar-refractivity contribution in [1.29, 1.82) is 5.26 Å². The number of carbonyl (C=O) groups excluding carboxylic acids is 1. The molecule has 1 atom stereocenters. The number of benzene rings is 1. The minimum Gasteiger partial charge on any atom is -0.497 e. The molecule has 1 aliphatic heterocycles. The Morgan fingerprint density at radius 2 is 1.82 bits per heavy atom. The largest absolute Gasteiger partial charge is 0.497 e. The predicted octanol–water partition coefficient (Wildman–Crippen LogP) is 4.36. The van der Waals surface area contributed by atoms with E-state index in [1.807, 2.05) is 30.6 Å². The van der Waals surface area contributed by atoms with E-state index < -0.39 is 0 Å². The quantitative estimate of drug-likeness (QED) is 0.404. The number of amides is 1. The zero-order valence-corrected chi connectivity index (χ0v) is 24.1. The van der Waals surface area contributed by atoms with Crippen LogP contribution in [0.1, 0.15) is 64.9 Å². The molecule has 0 bridgehead atoms. The number of pyridine rings is 1. The number of likely N-dealkylation sites (tertiary alicyclic amines) is 1. The third-order valence-corrected chi connectivity index (χ3v) is 7.90. The summed E-state index contributed by atoms with van der Waals surface area (Å²) in [5.74, 6) is 0.755. The van der Waals surface area contributed by atoms with Crippen LogP contribution in [0.4, 0.5) is 5.69 Å². The molecule has 1 N–H and O–H groups in total. The third-order valence-electron chi connectivity index (χ3n) is 7.90. The molecular weight excluding hydrogens is 502 g/mol. The van der Waals surface area contributed by atoms with Crippen molar-refractivity contribution in [3.8, 4) is 11.8 Å². The molecule has 9 heteroatoms. The van der Waals surface area contributed by atoms with Crippen molar-refractivity contribution in [2.75, 3.05) is 31.6 Å². The molecule has 1 fully saturated rings. The molecule has 0 saturated carbocycles. The summed E-state index contributed by atoms with van der Waals surface area (Å²) in [6, 6.07) is 13.1. The molecule has 4 rings (SSSR count). The van der Waals surface area contributed by atoms with E-state index >= 15 is 0 Å². The lowest BCUT2D eigenvalue weighted by molar-refractivity contribution is 0.0943. The van der Waals surface area contributed by atoms with Gasteiger partial charge in [0.15, 0.2) is 0 Å². The fourth-order valence-corrected chi connectivity index (χ4v) is 5.45. The lowest BCUT2D eigenvalue weighted by Gasteiger charge is -2.42. The Morgan fingerprint density at radius 3 is 2.42 bits per heavy atom. The number of aromatic nitrogens is 3. The summed E-state index contributed by atoms with van der Waals surface area (Å²) in [5, 5.41) is 12.1. The van der Waals surface area contributed by atoms with Crippen LogP contribution in [-0.2, 0) is 6.54 Å². The van der Waals surface area contributed by atoms with Crippen LogP contribution in [-0.4, -0.2) is 64.6 Å². The van der Waals surface area contributed by atoms with Crippen LogP contribution in [0, 0.1) is 32.1 Å². The van der Waals surface area contributed by atoms with Crippen molar-refractivity contribution in [2.45, 2.75) is 65.6 Å². The van der Waals surface area contributed by atoms with Gasteiger partial charge in [-0.25, -0.2) is 9.97 Å². The smallest absolute Gasteiger partial charge is 0.254 e. The number of hydrogen-bond donors (Lipinski definition) is 1. The van der Waals surface area contributed by atoms with E-state index in [1.165, 1.54) is 16.8 Å². The van der Waals surface area contributed by atoms with Gasteiger partial charge in [-0.15, -0.1) is 0 Å². The van der Waals surface area contributed by atoms with Gasteiger partial charge in [-0.05, 0) is 88.4 Å². The van der Waals surface area contributed by atoms with Crippen molar-refractivity contribution in [3.05, 3.63) is 76.6 Å². The highest BCUT2D eigenvalue weighted by Crippen LogP contribution is 2.29. The second kappa shape index (κ2) is 13.4. The average molecular weight is 542 g/mol. The highest BCUT2D eigenvalue weighted by molar-refractivity contribution is 5.96. The molecule has 0 unspecified atom stereocenters. The number of hydrogen-bond acceptors (Lipinski definition) is 8. The number of aryl methyl sites for hydroxylation is 3. The Hall–Kier alpha value is -4.03. The molecule has 9 nitrogen and oxygen atoms in total. The normalized spacial score (nSPS) is 14.8. The number of ether oxygens (including phenoxy) is 1. The van der Waals surface area contributed by atoms with Gasteiger partial charge in [-0.3, -0.25) is 9.78 Å². The molecule has 40 heavy (non-hydrogen) atoms. The Balaban J connectivity index is 1.34. The zero-order valence-electron chi connectivity index (χ0n) is 24.1. The minimum absolute atomic E-state index is 0.0877. The average Bonchev–Trinajstić information content (AvgIpc) is 2.96. The molecule has 1 aromatic carbocycles. The number of carbonyl (C=O) groups is 1. The number of methoxy groups -OCH3 is 1. The van der Waals surface area contributed by atoms with Gasteiger partial charge in [0.25, 0.3) is 5.91 Å². The van der Waals surface area contributed by atoms with Crippen LogP contribution in [0.5, 0.6) is 5.75 Å². The van der Waals surface area contributed by atoms with Gasteiger partial charge >= 0.3 is 0 Å². The van der Waals surface area contributed by atoms with Crippen LogP contribution < -0.4 is 15.0 Å². The summed E-state index contributed by atoms with van der Waals surface area (Å²) in [6.07, 6.45) is 6.79. The summed E-state index contributed by atoms with van der Waals surface area (Å²) in [5.41, 5.74) is 5.19. The maximum Gasteiger partial charge on any atom is 0.254 e. The number of nitrogens with one attached hydrogen (secondary N) is 1. The second-order valence-electron chi connectivity index (χ2n) is 10.5. The molecule has 1 aliphatic rings. The number of nitrogens with zero attached hydrogens (tertiary/aromatic N) is 6. The van der Waals surface area contributed by atoms with Crippen LogP contribution in [0.15, 0.2) is 42.7 Å². The molecular formula is C31H39N7O2. The fourth-order valence-electron chi connectivity index (χ4n) is 5.45. The van der Waals surface area contributed by atoms with E-state index in [2.05, 4.69) is 62.1 Å². The van der Waals surface area contributed by atoms with Crippen LogP contribution in [0.3, 0.4) is 0 Å². The van der Waals surface area contributed by atoms with Gasteiger partial charge in [0.2, 0.25) is 5.82 Å². The highest BCUT2D eigenvalue weighted by Gasteiger charge is 2.28. The van der Waals surface area contributed by atoms with E-state index in [1.54, 1.807) is 21.0 Å². The molecule has 210 valence electrons. The summed E-state index contributed by atoms with van der Waals surface area (Å²) in [7, 11) is 1.69. The Labute approximate surface area is 237 Å². The van der Waals surface area contributed by atoms with Gasteiger partial charge in [0, 0.05) is 56.3 Å². The topological polar surface area (TPSA) is 107 Å². The Bertz CT molecular complexity index is 1320. The first kappa shape index (κ1) is 29.0. The molecule has 3 heterocycles. The molecule has 0 radical (unpaired) electrons. The van der Waals surface area contributed by atoms with E-state index in [9.17, 15) is 4.79 Å². The van der Waals surface area contributed by atoms with E-state index in [0.717, 1.165) is 44.6 Å². The summed E-state index contributed by atoms with van der Waals surface area (Å²) >= 11 is 0. The number of rotatable bonds is 10. The molecule has 1 saturated heterocycles. The van der Waals surface area contributed by atoms with Gasteiger partial charge in [0.05, 0.1) is 24.1 Å². The SMILES string of the molecule is COc1ccc(N(Cc2cnccc2C)C2CCN([C@H](C)CCNC(=O)c3c(C)nc(C#N)nc3C)CC2)cc1. The lowest BCUT2D eigenvalue weighted by atomic mass is 9.99.